The van der Waals surface area contributed by atoms with Gasteiger partial charge in [-0.2, -0.15) is 0 Å². The Labute approximate surface area is 117 Å². The number of imidazole rings is 2. The summed E-state index contributed by atoms with van der Waals surface area (Å²) >= 11 is 0. The van der Waals surface area contributed by atoms with Crippen molar-refractivity contribution in [3.05, 3.63) is 37.4 Å². The molecule has 108 valence electrons. The Balaban J connectivity index is 1.46. The summed E-state index contributed by atoms with van der Waals surface area (Å²) in [5.41, 5.74) is 0. The summed E-state index contributed by atoms with van der Waals surface area (Å²) in [6, 6.07) is 0. The number of carbonyl (C=O) groups is 1. The summed E-state index contributed by atoms with van der Waals surface area (Å²) < 4.78 is 13.8. The minimum Gasteiger partial charge on any atom is -0.434 e. The molecule has 2 rings (SSSR count). The monoisotopic (exact) mass is 278 g/mol. The largest absolute Gasteiger partial charge is 0.508 e. The van der Waals surface area contributed by atoms with E-state index in [9.17, 15) is 4.79 Å². The zero-order chi connectivity index (χ0) is 14.0. The van der Waals surface area contributed by atoms with Gasteiger partial charge in [-0.15, -0.1) is 0 Å². The van der Waals surface area contributed by atoms with E-state index in [0.29, 0.717) is 13.2 Å². The van der Waals surface area contributed by atoms with Gasteiger partial charge in [-0.3, -0.25) is 0 Å². The topological polar surface area (TPSA) is 71.2 Å². The molecule has 0 N–H and O–H groups in total. The van der Waals surface area contributed by atoms with Crippen LogP contribution < -0.4 is 0 Å². The SMILES string of the molecule is O=C(OCCCn1ccnc1)OCCCn1ccnc1. The van der Waals surface area contributed by atoms with Crippen LogP contribution in [0, 0.1) is 0 Å². The molecule has 0 bridgehead atoms. The molecule has 0 aliphatic heterocycles. The number of carbonyl (C=O) groups excluding carboxylic acids is 1. The lowest BCUT2D eigenvalue weighted by Gasteiger charge is -2.07. The highest BCUT2D eigenvalue weighted by atomic mass is 16.7. The first-order valence-electron chi connectivity index (χ1n) is 6.55. The van der Waals surface area contributed by atoms with Crippen LogP contribution in [-0.2, 0) is 22.6 Å². The van der Waals surface area contributed by atoms with Gasteiger partial charge in [0.25, 0.3) is 0 Å². The zero-order valence-electron chi connectivity index (χ0n) is 11.2. The molecule has 0 saturated heterocycles. The first kappa shape index (κ1) is 14.1. The van der Waals surface area contributed by atoms with Crippen LogP contribution in [0.3, 0.4) is 0 Å². The van der Waals surface area contributed by atoms with E-state index < -0.39 is 6.16 Å². The van der Waals surface area contributed by atoms with E-state index in [2.05, 4.69) is 9.97 Å². The number of hydrogen-bond acceptors (Lipinski definition) is 5. The van der Waals surface area contributed by atoms with E-state index in [0.717, 1.165) is 25.9 Å². The summed E-state index contributed by atoms with van der Waals surface area (Å²) in [6.45, 7) is 2.24. The maximum atomic E-state index is 11.3. The van der Waals surface area contributed by atoms with Crippen LogP contribution in [0.1, 0.15) is 12.8 Å². The van der Waals surface area contributed by atoms with Crippen molar-refractivity contribution < 1.29 is 14.3 Å². The molecule has 0 aliphatic rings. The Hall–Kier alpha value is -2.31. The van der Waals surface area contributed by atoms with Gasteiger partial charge >= 0.3 is 6.16 Å². The molecule has 2 heterocycles. The Morgan fingerprint density at radius 3 is 1.80 bits per heavy atom. The molecule has 0 aliphatic carbocycles. The quantitative estimate of drug-likeness (QED) is 0.543. The summed E-state index contributed by atoms with van der Waals surface area (Å²) in [5, 5.41) is 0. The Morgan fingerprint density at radius 2 is 1.40 bits per heavy atom. The van der Waals surface area contributed by atoms with Crippen molar-refractivity contribution in [3.63, 3.8) is 0 Å². The highest BCUT2D eigenvalue weighted by Gasteiger charge is 2.03. The first-order chi connectivity index (χ1) is 9.84. The highest BCUT2D eigenvalue weighted by molar-refractivity contribution is 5.59. The molecule has 0 spiro atoms. The summed E-state index contributed by atoms with van der Waals surface area (Å²) in [4.78, 5) is 19.1. The van der Waals surface area contributed by atoms with Gasteiger partial charge in [0.1, 0.15) is 0 Å². The van der Waals surface area contributed by atoms with Crippen molar-refractivity contribution in [3.8, 4) is 0 Å². The molecule has 0 radical (unpaired) electrons. The zero-order valence-corrected chi connectivity index (χ0v) is 11.2. The van der Waals surface area contributed by atoms with Gasteiger partial charge in [0.15, 0.2) is 0 Å². The minimum atomic E-state index is -0.610. The normalized spacial score (nSPS) is 10.4. The fraction of sp³-hybridized carbons (Fsp3) is 0.462. The molecule has 2 aromatic rings. The molecule has 0 atom stereocenters. The molecule has 0 unspecified atom stereocenters. The average Bonchev–Trinajstić information content (AvgIpc) is 3.13. The van der Waals surface area contributed by atoms with Crippen LogP contribution >= 0.6 is 0 Å². The Kier molecular flexibility index (Phi) is 5.63. The van der Waals surface area contributed by atoms with Crippen molar-refractivity contribution in [1.82, 2.24) is 19.1 Å². The van der Waals surface area contributed by atoms with Crippen molar-refractivity contribution in [1.29, 1.82) is 0 Å². The molecule has 7 nitrogen and oxygen atoms in total. The predicted octanol–water partition coefficient (Wildman–Crippen LogP) is 1.71. The second-order valence-electron chi connectivity index (χ2n) is 4.26. The van der Waals surface area contributed by atoms with Crippen LogP contribution in [0.5, 0.6) is 0 Å². The van der Waals surface area contributed by atoms with Crippen LogP contribution in [0.15, 0.2) is 37.4 Å². The number of nitrogens with zero attached hydrogens (tertiary/aromatic N) is 4. The summed E-state index contributed by atoms with van der Waals surface area (Å²) in [7, 11) is 0. The van der Waals surface area contributed by atoms with E-state index in [1.54, 1.807) is 25.0 Å². The maximum Gasteiger partial charge on any atom is 0.508 e. The number of hydrogen-bond donors (Lipinski definition) is 0. The fourth-order valence-electron chi connectivity index (χ4n) is 1.68. The maximum absolute atomic E-state index is 11.3. The molecular formula is C13H18N4O3. The second kappa shape index (κ2) is 7.98. The smallest absolute Gasteiger partial charge is 0.434 e. The van der Waals surface area contributed by atoms with Crippen LogP contribution in [0.25, 0.3) is 0 Å². The molecule has 0 amide bonds. The number of aryl methyl sites for hydroxylation is 2. The molecule has 20 heavy (non-hydrogen) atoms. The van der Waals surface area contributed by atoms with Crippen molar-refractivity contribution in [2.24, 2.45) is 0 Å². The summed E-state index contributed by atoms with van der Waals surface area (Å²) in [6.07, 6.45) is 11.5. The van der Waals surface area contributed by atoms with Crippen molar-refractivity contribution >= 4 is 6.16 Å². The minimum absolute atomic E-state index is 0.346. The van der Waals surface area contributed by atoms with Gasteiger partial charge in [-0.05, 0) is 12.8 Å². The lowest BCUT2D eigenvalue weighted by Crippen LogP contribution is -2.11. The van der Waals surface area contributed by atoms with E-state index in [4.69, 9.17) is 9.47 Å². The summed E-state index contributed by atoms with van der Waals surface area (Å²) in [5.74, 6) is 0. The molecule has 0 fully saturated rings. The third-order valence-corrected chi connectivity index (χ3v) is 2.68. The van der Waals surface area contributed by atoms with Gasteiger partial charge in [0.05, 0.1) is 25.9 Å². The third kappa shape index (κ3) is 5.13. The van der Waals surface area contributed by atoms with E-state index in [1.807, 2.05) is 21.5 Å². The molecular weight excluding hydrogens is 260 g/mol. The molecule has 2 aromatic heterocycles. The molecule has 0 aromatic carbocycles. The number of ether oxygens (including phenoxy) is 2. The predicted molar refractivity (Wildman–Crippen MR) is 71.0 cm³/mol. The van der Waals surface area contributed by atoms with Gasteiger partial charge in [-0.1, -0.05) is 0 Å². The van der Waals surface area contributed by atoms with E-state index in [-0.39, 0.29) is 0 Å². The number of rotatable bonds is 8. The van der Waals surface area contributed by atoms with E-state index >= 15 is 0 Å². The lowest BCUT2D eigenvalue weighted by atomic mass is 10.4. The van der Waals surface area contributed by atoms with E-state index in [1.165, 1.54) is 0 Å². The average molecular weight is 278 g/mol. The van der Waals surface area contributed by atoms with Gasteiger partial charge < -0.3 is 18.6 Å². The third-order valence-electron chi connectivity index (χ3n) is 2.68. The molecule has 7 heteroatoms. The second-order valence-corrected chi connectivity index (χ2v) is 4.26. The standard InChI is InChI=1S/C13H18N4O3/c18-13(19-9-1-5-16-7-3-14-11-16)20-10-2-6-17-8-4-15-12-17/h3-4,7-8,11-12H,1-2,5-6,9-10H2. The van der Waals surface area contributed by atoms with Gasteiger partial charge in [-0.25, -0.2) is 14.8 Å². The fourth-order valence-corrected chi connectivity index (χ4v) is 1.68. The highest BCUT2D eigenvalue weighted by Crippen LogP contribution is 1.96. The van der Waals surface area contributed by atoms with Gasteiger partial charge in [0, 0.05) is 37.9 Å². The Morgan fingerprint density at radius 1 is 0.900 bits per heavy atom. The number of aromatic nitrogens is 4. The lowest BCUT2D eigenvalue weighted by molar-refractivity contribution is 0.0523. The first-order valence-corrected chi connectivity index (χ1v) is 6.55. The van der Waals surface area contributed by atoms with Crippen molar-refractivity contribution in [2.75, 3.05) is 13.2 Å². The van der Waals surface area contributed by atoms with Crippen molar-refractivity contribution in [2.45, 2.75) is 25.9 Å². The Bertz CT molecular complexity index is 437. The molecule has 0 saturated carbocycles. The van der Waals surface area contributed by atoms with Crippen LogP contribution in [0.4, 0.5) is 4.79 Å². The van der Waals surface area contributed by atoms with Crippen LogP contribution in [-0.4, -0.2) is 38.5 Å². The van der Waals surface area contributed by atoms with Crippen LogP contribution in [0.2, 0.25) is 0 Å². The van der Waals surface area contributed by atoms with Gasteiger partial charge in [0.2, 0.25) is 0 Å².